The molecule has 1 saturated heterocycles. The number of nitrogens with zero attached hydrogens (tertiary/aromatic N) is 2. The molecule has 0 bridgehead atoms. The summed E-state index contributed by atoms with van der Waals surface area (Å²) in [4.78, 5) is 20.1. The minimum atomic E-state index is -0.317. The summed E-state index contributed by atoms with van der Waals surface area (Å²) in [5, 5.41) is 18.9. The number of para-hydroxylation sites is 1. The highest BCUT2D eigenvalue weighted by Crippen LogP contribution is 2.20. The van der Waals surface area contributed by atoms with Gasteiger partial charge >= 0.3 is 11.0 Å². The number of nitrogens with one attached hydrogen (secondary N) is 3. The summed E-state index contributed by atoms with van der Waals surface area (Å²) in [6.07, 6.45) is 2.69. The van der Waals surface area contributed by atoms with Crippen LogP contribution in [0.1, 0.15) is 26.3 Å². The van der Waals surface area contributed by atoms with Gasteiger partial charge in [-0.15, -0.1) is 0 Å². The van der Waals surface area contributed by atoms with Gasteiger partial charge in [-0.1, -0.05) is 18.2 Å². The zero-order valence-corrected chi connectivity index (χ0v) is 18.3. The molecule has 1 aromatic heterocycles. The lowest BCUT2D eigenvalue weighted by Crippen LogP contribution is -2.57. The van der Waals surface area contributed by atoms with Crippen LogP contribution in [0.2, 0.25) is 0 Å². The van der Waals surface area contributed by atoms with E-state index in [1.807, 2.05) is 36.2 Å². The predicted octanol–water partition coefficient (Wildman–Crippen LogP) is 1.07. The number of amides is 1. The monoisotopic (exact) mass is 415 g/mol. The molecule has 1 aromatic carbocycles. The minimum Gasteiger partial charge on any atom is -0.361 e. The fourth-order valence-corrected chi connectivity index (χ4v) is 4.40. The quantitative estimate of drug-likeness (QED) is 0.445. The first kappa shape index (κ1) is 21.4. The number of carbonyl (C=O) groups excluding carboxylic acids is 1. The maximum Gasteiger partial charge on any atom is 0.323 e. The number of rotatable bonds is 3. The van der Waals surface area contributed by atoms with Gasteiger partial charge in [0.2, 0.25) is 0 Å². The Hall–Kier alpha value is -2.32. The Morgan fingerprint density at radius 1 is 1.34 bits per heavy atom. The number of hydrogen-bond donors (Lipinski definition) is 4. The van der Waals surface area contributed by atoms with Crippen molar-refractivity contribution in [2.75, 3.05) is 20.1 Å². The Bertz CT molecular complexity index is 897. The molecule has 7 nitrogen and oxygen atoms in total. The number of piperazine rings is 1. The molecular formula is C21H31N6OS+. The molecule has 1 unspecified atom stereocenters. The summed E-state index contributed by atoms with van der Waals surface area (Å²) < 4.78 is 0. The van der Waals surface area contributed by atoms with Crippen molar-refractivity contribution in [2.45, 2.75) is 45.3 Å². The average molecular weight is 416 g/mol. The molecule has 0 spiro atoms. The third kappa shape index (κ3) is 5.00. The Balaban J connectivity index is 1.52. The molecule has 1 aliphatic heterocycles. The van der Waals surface area contributed by atoms with E-state index in [4.69, 9.17) is 10.8 Å². The number of amidine groups is 1. The van der Waals surface area contributed by atoms with Crippen LogP contribution in [-0.2, 0) is 11.2 Å². The highest BCUT2D eigenvalue weighted by molar-refractivity contribution is 8.27. The highest BCUT2D eigenvalue weighted by Gasteiger charge is 2.30. The number of aromatic nitrogens is 1. The number of aromatic amines is 1. The standard InChI is InChI=1S/C21H30N6OS/c1-13(9-16-10-24-18-8-6-5-7-17(16)18)25-20(28)19(22)29-21(23)27-11-14(2)26(4)15(3)12-27/h5-8,10,13-15,22-24H,9,11-12H2,1-4H3,(H,25,28)/p+1/t13?,14-,15-/m1/s1. The molecule has 0 saturated carbocycles. The topological polar surface area (TPSA) is 101 Å². The first-order chi connectivity index (χ1) is 13.8. The summed E-state index contributed by atoms with van der Waals surface area (Å²) >= 11 is 1.04. The van der Waals surface area contributed by atoms with E-state index >= 15 is 0 Å². The van der Waals surface area contributed by atoms with Crippen molar-refractivity contribution in [3.63, 3.8) is 0 Å². The molecular weight excluding hydrogens is 384 g/mol. The van der Waals surface area contributed by atoms with E-state index in [2.05, 4.69) is 42.2 Å². The number of nitrogens with two attached hydrogens (primary N) is 1. The van der Waals surface area contributed by atoms with E-state index in [-0.39, 0.29) is 17.0 Å². The van der Waals surface area contributed by atoms with Gasteiger partial charge in [-0.2, -0.15) is 0 Å². The summed E-state index contributed by atoms with van der Waals surface area (Å²) in [6, 6.07) is 8.76. The number of hydrogen-bond acceptors (Lipinski definition) is 4. The number of likely N-dealkylation sites (N-methyl/N-ethyl adjacent to an activating group) is 1. The van der Waals surface area contributed by atoms with Crippen molar-refractivity contribution >= 4 is 38.8 Å². The van der Waals surface area contributed by atoms with E-state index in [1.165, 1.54) is 5.39 Å². The van der Waals surface area contributed by atoms with Crippen LogP contribution in [0.25, 0.3) is 10.9 Å². The molecule has 156 valence electrons. The highest BCUT2D eigenvalue weighted by atomic mass is 32.2. The number of carbonyl (C=O) groups is 1. The molecule has 1 amide bonds. The van der Waals surface area contributed by atoms with E-state index in [1.54, 1.807) is 0 Å². The number of H-pyrrole nitrogens is 1. The fourth-order valence-electron chi connectivity index (χ4n) is 3.76. The van der Waals surface area contributed by atoms with Gasteiger partial charge in [0.1, 0.15) is 0 Å². The van der Waals surface area contributed by atoms with E-state index in [0.29, 0.717) is 23.7 Å². The lowest BCUT2D eigenvalue weighted by atomic mass is 10.1. The van der Waals surface area contributed by atoms with Crippen LogP contribution < -0.4 is 10.7 Å². The van der Waals surface area contributed by atoms with Crippen LogP contribution in [0.3, 0.4) is 0 Å². The Labute approximate surface area is 176 Å². The lowest BCUT2D eigenvalue weighted by Gasteiger charge is -2.42. The second-order valence-electron chi connectivity index (χ2n) is 7.98. The molecule has 8 heteroatoms. The molecule has 2 aromatic rings. The SMILES string of the molecule is CC(Cc1c[nH]c2ccccc12)NC(=O)C(=[NH2+])SC(=N)N1C[C@@H](C)N(C)[C@H](C)C1. The third-order valence-electron chi connectivity index (χ3n) is 5.66. The van der Waals surface area contributed by atoms with Gasteiger partial charge in [-0.25, -0.2) is 5.41 Å². The summed E-state index contributed by atoms with van der Waals surface area (Å²) in [5.74, 6) is -0.317. The molecule has 1 aliphatic rings. The second kappa shape index (κ2) is 9.00. The zero-order valence-electron chi connectivity index (χ0n) is 17.5. The largest absolute Gasteiger partial charge is 0.361 e. The molecule has 0 aliphatic carbocycles. The Kier molecular flexibility index (Phi) is 6.64. The van der Waals surface area contributed by atoms with Crippen LogP contribution in [0.5, 0.6) is 0 Å². The van der Waals surface area contributed by atoms with Gasteiger partial charge in [0.25, 0.3) is 0 Å². The van der Waals surface area contributed by atoms with Gasteiger partial charge in [-0.3, -0.25) is 15.1 Å². The lowest BCUT2D eigenvalue weighted by molar-refractivity contribution is -0.133. The normalized spacial score (nSPS) is 21.2. The average Bonchev–Trinajstić information content (AvgIpc) is 3.08. The molecule has 3 atom stereocenters. The van der Waals surface area contributed by atoms with Crippen LogP contribution in [0.4, 0.5) is 0 Å². The van der Waals surface area contributed by atoms with E-state index in [9.17, 15) is 4.79 Å². The Morgan fingerprint density at radius 2 is 2.00 bits per heavy atom. The smallest absolute Gasteiger partial charge is 0.323 e. The maximum atomic E-state index is 12.5. The van der Waals surface area contributed by atoms with Crippen molar-refractivity contribution in [3.05, 3.63) is 36.0 Å². The fraction of sp³-hybridized carbons (Fsp3) is 0.476. The van der Waals surface area contributed by atoms with E-state index < -0.39 is 0 Å². The van der Waals surface area contributed by atoms with Crippen molar-refractivity contribution in [1.29, 1.82) is 5.41 Å². The predicted molar refractivity (Wildman–Crippen MR) is 120 cm³/mol. The molecule has 3 rings (SSSR count). The van der Waals surface area contributed by atoms with Crippen molar-refractivity contribution < 1.29 is 10.2 Å². The van der Waals surface area contributed by atoms with Gasteiger partial charge in [0, 0.05) is 60.1 Å². The summed E-state index contributed by atoms with van der Waals surface area (Å²) in [6.45, 7) is 7.78. The first-order valence-corrected chi connectivity index (χ1v) is 10.8. The van der Waals surface area contributed by atoms with E-state index in [0.717, 1.165) is 35.9 Å². The maximum absolute atomic E-state index is 12.5. The number of fused-ring (bicyclic) bond motifs is 1. The molecule has 29 heavy (non-hydrogen) atoms. The molecule has 5 N–H and O–H groups in total. The van der Waals surface area contributed by atoms with Gasteiger partial charge in [0.15, 0.2) is 5.17 Å². The first-order valence-electron chi connectivity index (χ1n) is 9.97. The molecule has 2 heterocycles. The van der Waals surface area contributed by atoms with Crippen LogP contribution in [-0.4, -0.2) is 69.2 Å². The minimum absolute atomic E-state index is 0.0706. The van der Waals surface area contributed by atoms with Crippen molar-refractivity contribution in [1.82, 2.24) is 20.1 Å². The second-order valence-corrected chi connectivity index (χ2v) is 9.01. The molecule has 1 fully saturated rings. The van der Waals surface area contributed by atoms with Crippen LogP contribution in [0.15, 0.2) is 30.5 Å². The van der Waals surface area contributed by atoms with Gasteiger partial charge in [0.05, 0.1) is 0 Å². The number of benzene rings is 1. The summed E-state index contributed by atoms with van der Waals surface area (Å²) in [5.41, 5.74) is 2.25. The van der Waals surface area contributed by atoms with Gasteiger partial charge < -0.3 is 15.2 Å². The summed E-state index contributed by atoms with van der Waals surface area (Å²) in [7, 11) is 2.10. The Morgan fingerprint density at radius 3 is 2.69 bits per heavy atom. The van der Waals surface area contributed by atoms with Crippen molar-refractivity contribution in [2.24, 2.45) is 0 Å². The van der Waals surface area contributed by atoms with Crippen molar-refractivity contribution in [3.8, 4) is 0 Å². The molecule has 0 radical (unpaired) electrons. The third-order valence-corrected chi connectivity index (χ3v) is 6.51. The number of thioether (sulfide) groups is 1. The van der Waals surface area contributed by atoms with Crippen LogP contribution >= 0.6 is 11.8 Å². The zero-order chi connectivity index (χ0) is 21.1. The van der Waals surface area contributed by atoms with Gasteiger partial charge in [-0.05, 0) is 45.9 Å². The van der Waals surface area contributed by atoms with Crippen LogP contribution in [0, 0.1) is 5.41 Å².